The molecular formula is C15H20N2O4. The first-order chi connectivity index (χ1) is 9.97. The average molecular weight is 292 g/mol. The van der Waals surface area contributed by atoms with Crippen LogP contribution >= 0.6 is 0 Å². The molecule has 1 aromatic heterocycles. The van der Waals surface area contributed by atoms with E-state index in [0.29, 0.717) is 18.1 Å². The lowest BCUT2D eigenvalue weighted by atomic mass is 9.95. The Morgan fingerprint density at radius 2 is 2.24 bits per heavy atom. The van der Waals surface area contributed by atoms with E-state index in [0.717, 1.165) is 12.8 Å². The van der Waals surface area contributed by atoms with Gasteiger partial charge in [-0.25, -0.2) is 9.78 Å². The number of ether oxygens (including phenoxy) is 1. The Morgan fingerprint density at radius 3 is 2.90 bits per heavy atom. The molecule has 2 atom stereocenters. The van der Waals surface area contributed by atoms with Crippen LogP contribution in [-0.4, -0.2) is 40.7 Å². The third kappa shape index (κ3) is 4.01. The van der Waals surface area contributed by atoms with Crippen molar-refractivity contribution >= 4 is 11.9 Å². The van der Waals surface area contributed by atoms with Crippen molar-refractivity contribution in [2.24, 2.45) is 5.92 Å². The van der Waals surface area contributed by atoms with Crippen molar-refractivity contribution in [2.75, 3.05) is 6.61 Å². The largest absolute Gasteiger partial charge is 0.477 e. The Hall–Kier alpha value is -1.95. The number of hydrogen-bond acceptors (Lipinski definition) is 4. The maximum Gasteiger partial charge on any atom is 0.354 e. The van der Waals surface area contributed by atoms with Crippen LogP contribution in [0.1, 0.15) is 47.5 Å². The van der Waals surface area contributed by atoms with E-state index in [2.05, 4.69) is 24.1 Å². The first-order valence-corrected chi connectivity index (χ1v) is 7.09. The molecule has 21 heavy (non-hydrogen) atoms. The van der Waals surface area contributed by atoms with Crippen LogP contribution in [0.2, 0.25) is 0 Å². The Bertz CT molecular complexity index is 530. The summed E-state index contributed by atoms with van der Waals surface area (Å²) in [6.45, 7) is 4.82. The van der Waals surface area contributed by atoms with E-state index in [9.17, 15) is 9.59 Å². The molecule has 2 unspecified atom stereocenters. The Morgan fingerprint density at radius 1 is 1.48 bits per heavy atom. The second-order valence-corrected chi connectivity index (χ2v) is 5.58. The van der Waals surface area contributed by atoms with E-state index in [4.69, 9.17) is 9.84 Å². The van der Waals surface area contributed by atoms with Crippen molar-refractivity contribution in [1.29, 1.82) is 0 Å². The summed E-state index contributed by atoms with van der Waals surface area (Å²) in [7, 11) is 0. The minimum absolute atomic E-state index is 0.0556. The lowest BCUT2D eigenvalue weighted by Crippen LogP contribution is -2.43. The topological polar surface area (TPSA) is 88.5 Å². The number of aromatic carboxylic acids is 1. The van der Waals surface area contributed by atoms with Gasteiger partial charge in [-0.1, -0.05) is 13.8 Å². The molecule has 1 amide bonds. The second kappa shape index (κ2) is 6.67. The van der Waals surface area contributed by atoms with Gasteiger partial charge in [-0.05, 0) is 30.9 Å². The number of carbonyl (C=O) groups excluding carboxylic acids is 1. The Kier molecular flexibility index (Phi) is 4.90. The van der Waals surface area contributed by atoms with E-state index in [1.807, 2.05) is 0 Å². The lowest BCUT2D eigenvalue weighted by molar-refractivity contribution is -0.0233. The molecule has 0 bridgehead atoms. The molecule has 0 aliphatic carbocycles. The van der Waals surface area contributed by atoms with Crippen LogP contribution in [0.3, 0.4) is 0 Å². The maximum atomic E-state index is 12.2. The van der Waals surface area contributed by atoms with Crippen LogP contribution in [0, 0.1) is 5.92 Å². The Labute approximate surface area is 123 Å². The zero-order valence-electron chi connectivity index (χ0n) is 12.2. The molecular weight excluding hydrogens is 272 g/mol. The number of aromatic nitrogens is 1. The van der Waals surface area contributed by atoms with Crippen molar-refractivity contribution in [1.82, 2.24) is 10.3 Å². The molecule has 1 aliphatic rings. The minimum atomic E-state index is -1.14. The van der Waals surface area contributed by atoms with Gasteiger partial charge in [-0.15, -0.1) is 0 Å². The molecule has 114 valence electrons. The predicted molar refractivity (Wildman–Crippen MR) is 76.3 cm³/mol. The molecule has 1 aliphatic heterocycles. The zero-order valence-corrected chi connectivity index (χ0v) is 12.2. The van der Waals surface area contributed by atoms with Gasteiger partial charge in [-0.3, -0.25) is 4.79 Å². The van der Waals surface area contributed by atoms with Gasteiger partial charge in [0.15, 0.2) is 0 Å². The highest BCUT2D eigenvalue weighted by molar-refractivity contribution is 5.96. The quantitative estimate of drug-likeness (QED) is 0.882. The number of nitrogens with one attached hydrogen (secondary N) is 1. The molecule has 1 fully saturated rings. The molecule has 0 spiro atoms. The molecule has 1 saturated heterocycles. The predicted octanol–water partition coefficient (Wildman–Crippen LogP) is 1.71. The normalized spacial score (nSPS) is 22.0. The van der Waals surface area contributed by atoms with Gasteiger partial charge in [0.05, 0.1) is 6.10 Å². The number of carboxylic acids is 1. The van der Waals surface area contributed by atoms with E-state index < -0.39 is 5.97 Å². The molecule has 1 aromatic rings. The summed E-state index contributed by atoms with van der Waals surface area (Å²) in [5.74, 6) is -1.01. The molecule has 6 nitrogen and oxygen atoms in total. The fourth-order valence-corrected chi connectivity index (χ4v) is 2.38. The molecule has 0 radical (unpaired) electrons. The number of carbonyl (C=O) groups is 2. The molecule has 0 aromatic carbocycles. The van der Waals surface area contributed by atoms with E-state index in [1.54, 1.807) is 0 Å². The monoisotopic (exact) mass is 292 g/mol. The highest BCUT2D eigenvalue weighted by Crippen LogP contribution is 2.20. The fourth-order valence-electron chi connectivity index (χ4n) is 2.38. The molecule has 6 heteroatoms. The number of amides is 1. The summed E-state index contributed by atoms with van der Waals surface area (Å²) in [5, 5.41) is 11.8. The van der Waals surface area contributed by atoms with Gasteiger partial charge in [0.25, 0.3) is 5.91 Å². The van der Waals surface area contributed by atoms with Crippen LogP contribution in [-0.2, 0) is 4.74 Å². The number of carboxylic acid groups (broad SMARTS) is 1. The molecule has 2 rings (SSSR count). The summed E-state index contributed by atoms with van der Waals surface area (Å²) in [5.41, 5.74) is 0.185. The van der Waals surface area contributed by atoms with E-state index >= 15 is 0 Å². The van der Waals surface area contributed by atoms with Crippen LogP contribution in [0.25, 0.3) is 0 Å². The summed E-state index contributed by atoms with van der Waals surface area (Å²) in [6, 6.07) is 2.86. The summed E-state index contributed by atoms with van der Waals surface area (Å²) in [4.78, 5) is 26.8. The molecule has 2 N–H and O–H groups in total. The highest BCUT2D eigenvalue weighted by atomic mass is 16.5. The average Bonchev–Trinajstić information content (AvgIpc) is 2.47. The lowest BCUT2D eigenvalue weighted by Gasteiger charge is -2.32. The second-order valence-electron chi connectivity index (χ2n) is 5.58. The SMILES string of the molecule is CC(C)C1CC(NC(=O)c2ccnc(C(=O)O)c2)CCO1. The number of nitrogens with zero attached hydrogens (tertiary/aromatic N) is 1. The first-order valence-electron chi connectivity index (χ1n) is 7.09. The van der Waals surface area contributed by atoms with Crippen molar-refractivity contribution < 1.29 is 19.4 Å². The van der Waals surface area contributed by atoms with Crippen molar-refractivity contribution in [3.05, 3.63) is 29.6 Å². The van der Waals surface area contributed by atoms with Crippen LogP contribution in [0.4, 0.5) is 0 Å². The van der Waals surface area contributed by atoms with Crippen molar-refractivity contribution in [3.63, 3.8) is 0 Å². The standard InChI is InChI=1S/C15H20N2O4/c1-9(2)13-8-11(4-6-21-13)17-14(18)10-3-5-16-12(7-10)15(19)20/h3,5,7,9,11,13H,4,6,8H2,1-2H3,(H,17,18)(H,19,20). The van der Waals surface area contributed by atoms with Crippen molar-refractivity contribution in [2.45, 2.75) is 38.8 Å². The van der Waals surface area contributed by atoms with Gasteiger partial charge in [-0.2, -0.15) is 0 Å². The minimum Gasteiger partial charge on any atom is -0.477 e. The third-order valence-electron chi connectivity index (χ3n) is 3.64. The van der Waals surface area contributed by atoms with Crippen LogP contribution in [0.15, 0.2) is 18.3 Å². The third-order valence-corrected chi connectivity index (χ3v) is 3.64. The van der Waals surface area contributed by atoms with Gasteiger partial charge < -0.3 is 15.2 Å². The molecule has 2 heterocycles. The number of pyridine rings is 1. The van der Waals surface area contributed by atoms with Crippen LogP contribution < -0.4 is 5.32 Å². The van der Waals surface area contributed by atoms with Gasteiger partial charge in [0, 0.05) is 24.4 Å². The van der Waals surface area contributed by atoms with Gasteiger partial charge in [0.1, 0.15) is 5.69 Å². The first kappa shape index (κ1) is 15.4. The zero-order chi connectivity index (χ0) is 15.4. The van der Waals surface area contributed by atoms with Gasteiger partial charge >= 0.3 is 5.97 Å². The van der Waals surface area contributed by atoms with Crippen molar-refractivity contribution in [3.8, 4) is 0 Å². The van der Waals surface area contributed by atoms with Gasteiger partial charge in [0.2, 0.25) is 0 Å². The smallest absolute Gasteiger partial charge is 0.354 e. The summed E-state index contributed by atoms with van der Waals surface area (Å²) >= 11 is 0. The Balaban J connectivity index is 2.01. The number of hydrogen-bond donors (Lipinski definition) is 2. The number of rotatable bonds is 4. The van der Waals surface area contributed by atoms with E-state index in [1.165, 1.54) is 18.3 Å². The summed E-state index contributed by atoms with van der Waals surface area (Å²) < 4.78 is 5.67. The highest BCUT2D eigenvalue weighted by Gasteiger charge is 2.26. The summed E-state index contributed by atoms with van der Waals surface area (Å²) in [6.07, 6.45) is 3.03. The van der Waals surface area contributed by atoms with Crippen LogP contribution in [0.5, 0.6) is 0 Å². The van der Waals surface area contributed by atoms with E-state index in [-0.39, 0.29) is 23.7 Å². The fraction of sp³-hybridized carbons (Fsp3) is 0.533. The molecule has 0 saturated carbocycles. The maximum absolute atomic E-state index is 12.2.